The summed E-state index contributed by atoms with van der Waals surface area (Å²) in [5.74, 6) is 1.07. The summed E-state index contributed by atoms with van der Waals surface area (Å²) in [6.45, 7) is 10.7. The molecule has 4 fully saturated rings. The Morgan fingerprint density at radius 2 is 1.77 bits per heavy atom. The number of nitrogens with one attached hydrogen (secondary N) is 3. The first-order valence-electron chi connectivity index (χ1n) is 21.6. The molecule has 4 aliphatic rings. The van der Waals surface area contributed by atoms with Crippen LogP contribution in [0, 0.1) is 11.8 Å². The molecule has 1 unspecified atom stereocenters. The van der Waals surface area contributed by atoms with E-state index in [0.717, 1.165) is 99.2 Å². The zero-order chi connectivity index (χ0) is 41.7. The first-order chi connectivity index (χ1) is 29.0. The van der Waals surface area contributed by atoms with Gasteiger partial charge in [-0.1, -0.05) is 18.7 Å². The Bertz CT molecular complexity index is 2510. The summed E-state index contributed by atoms with van der Waals surface area (Å²) >= 11 is 0. The van der Waals surface area contributed by atoms with Gasteiger partial charge >= 0.3 is 5.69 Å². The number of hydrogen-bond donors (Lipinski definition) is 3. The number of para-hydroxylation sites is 1. The normalized spacial score (nSPS) is 21.8. The molecule has 4 aromatic heterocycles. The van der Waals surface area contributed by atoms with Crippen molar-refractivity contribution in [3.05, 3.63) is 76.7 Å². The van der Waals surface area contributed by atoms with Crippen molar-refractivity contribution in [2.45, 2.75) is 95.8 Å². The number of piperidine rings is 2. The molecule has 1 atom stereocenters. The third-order valence-corrected chi connectivity index (χ3v) is 13.3. The fourth-order valence-corrected chi connectivity index (χ4v) is 9.66. The second kappa shape index (κ2) is 16.4. The van der Waals surface area contributed by atoms with Gasteiger partial charge in [-0.05, 0) is 120 Å². The van der Waals surface area contributed by atoms with Crippen molar-refractivity contribution >= 4 is 51.5 Å². The fourth-order valence-electron chi connectivity index (χ4n) is 9.66. The molecule has 0 spiro atoms. The number of carbonyl (C=O) groups excluding carboxylic acids is 3. The van der Waals surface area contributed by atoms with E-state index in [0.29, 0.717) is 46.9 Å². The van der Waals surface area contributed by atoms with E-state index < -0.39 is 11.9 Å². The van der Waals surface area contributed by atoms with Crippen LogP contribution in [0.2, 0.25) is 0 Å². The van der Waals surface area contributed by atoms with Crippen LogP contribution in [0.25, 0.3) is 22.3 Å². The highest BCUT2D eigenvalue weighted by Gasteiger charge is 2.33. The van der Waals surface area contributed by atoms with Gasteiger partial charge in [0.05, 0.1) is 29.0 Å². The molecule has 16 nitrogen and oxygen atoms in total. The van der Waals surface area contributed by atoms with E-state index in [1.165, 1.54) is 12.8 Å². The van der Waals surface area contributed by atoms with Crippen molar-refractivity contribution in [1.29, 1.82) is 0 Å². The summed E-state index contributed by atoms with van der Waals surface area (Å²) < 4.78 is 6.87. The van der Waals surface area contributed by atoms with Gasteiger partial charge in [-0.25, -0.2) is 14.3 Å². The largest absolute Gasteiger partial charge is 0.370 e. The minimum Gasteiger partial charge on any atom is -0.370 e. The minimum atomic E-state index is -0.691. The van der Waals surface area contributed by atoms with Crippen molar-refractivity contribution in [1.82, 2.24) is 48.6 Å². The molecule has 3 amide bonds. The maximum atomic E-state index is 13.6. The van der Waals surface area contributed by atoms with E-state index in [4.69, 9.17) is 10.1 Å². The average Bonchev–Trinajstić information content (AvgIpc) is 3.73. The maximum Gasteiger partial charge on any atom is 0.329 e. The molecule has 9 rings (SSSR count). The smallest absolute Gasteiger partial charge is 0.329 e. The van der Waals surface area contributed by atoms with Crippen molar-refractivity contribution in [2.75, 3.05) is 43.9 Å². The van der Waals surface area contributed by atoms with Gasteiger partial charge in [0.1, 0.15) is 23.1 Å². The van der Waals surface area contributed by atoms with Crippen LogP contribution < -0.4 is 21.6 Å². The molecule has 5 aromatic rings. The highest BCUT2D eigenvalue weighted by atomic mass is 16.2. The summed E-state index contributed by atoms with van der Waals surface area (Å²) in [4.78, 5) is 61.3. The predicted octanol–water partition coefficient (Wildman–Crippen LogP) is 4.99. The van der Waals surface area contributed by atoms with Gasteiger partial charge in [-0.15, -0.1) is 0 Å². The molecule has 2 saturated heterocycles. The number of allylic oxidation sites excluding steroid dienone is 1. The molecule has 2 aliphatic carbocycles. The highest BCUT2D eigenvalue weighted by molar-refractivity contribution is 6.09. The molecule has 1 aromatic carbocycles. The molecule has 316 valence electrons. The van der Waals surface area contributed by atoms with Crippen LogP contribution in [0.5, 0.6) is 0 Å². The molecule has 60 heavy (non-hydrogen) atoms. The summed E-state index contributed by atoms with van der Waals surface area (Å²) in [6.07, 6.45) is 14.8. The third-order valence-electron chi connectivity index (χ3n) is 13.3. The number of aromatic nitrogens is 7. The van der Waals surface area contributed by atoms with Crippen molar-refractivity contribution in [3.63, 3.8) is 0 Å². The van der Waals surface area contributed by atoms with Gasteiger partial charge < -0.3 is 15.5 Å². The summed E-state index contributed by atoms with van der Waals surface area (Å²) in [6, 6.07) is 7.90. The van der Waals surface area contributed by atoms with E-state index in [1.807, 2.05) is 42.2 Å². The number of benzene rings is 1. The molecule has 16 heteroatoms. The quantitative estimate of drug-likeness (QED) is 0.138. The first-order valence-corrected chi connectivity index (χ1v) is 21.6. The molecule has 0 bridgehead atoms. The minimum absolute atomic E-state index is 0.221. The topological polar surface area (TPSA) is 169 Å². The lowest BCUT2D eigenvalue weighted by molar-refractivity contribution is -0.135. The Balaban J connectivity index is 0.775. The molecule has 0 radical (unpaired) electrons. The number of amides is 3. The lowest BCUT2D eigenvalue weighted by Crippen LogP contribution is -2.44. The molecule has 3 N–H and O–H groups in total. The number of anilines is 2. The van der Waals surface area contributed by atoms with Gasteiger partial charge in [-0.2, -0.15) is 10.2 Å². The number of aryl methyl sites for hydroxylation is 1. The standard InChI is InChI=1S/C44H56N12O4/c1-27(2)39-34(47-42(58)33-23-46-54-21-18-37(48-41(33)54)45-22-28-8-9-28)26-55(50-39)32-12-10-29(11-13-32)24-51(3)31-16-19-53(20-17-31)25-30-6-5-7-35-40(30)52(4)44(60)56(35)36-14-15-38(57)49-43(36)59/h5-7,18,21,23,26,28-29,31-32,36H,1,8-17,19-20,22,24-25H2,2-4H3,(H,45,48)(H,47,58)(H,49,57,59)/t29-,32-,36?. The molecular formula is C44H56N12O4. The summed E-state index contributed by atoms with van der Waals surface area (Å²) in [5, 5.41) is 18.2. The Kier molecular flexibility index (Phi) is 10.9. The van der Waals surface area contributed by atoms with E-state index in [1.54, 1.807) is 26.9 Å². The molecule has 2 saturated carbocycles. The van der Waals surface area contributed by atoms with Crippen LogP contribution in [0.15, 0.2) is 54.2 Å². The van der Waals surface area contributed by atoms with E-state index in [9.17, 15) is 19.2 Å². The van der Waals surface area contributed by atoms with Crippen LogP contribution in [0.4, 0.5) is 11.5 Å². The Morgan fingerprint density at radius 3 is 2.50 bits per heavy atom. The molecule has 6 heterocycles. The number of hydrogen-bond acceptors (Lipinski definition) is 10. The number of fused-ring (bicyclic) bond motifs is 2. The predicted molar refractivity (Wildman–Crippen MR) is 230 cm³/mol. The van der Waals surface area contributed by atoms with Crippen LogP contribution in [-0.2, 0) is 23.2 Å². The number of imide groups is 1. The van der Waals surface area contributed by atoms with Crippen LogP contribution in [-0.4, -0.2) is 100 Å². The van der Waals surface area contributed by atoms with E-state index in [2.05, 4.69) is 50.5 Å². The fraction of sp³-hybridized carbons (Fsp3) is 0.523. The first kappa shape index (κ1) is 39.8. The number of rotatable bonds is 13. The lowest BCUT2D eigenvalue weighted by atomic mass is 9.85. The SMILES string of the molecule is C=C(C)c1nn([C@H]2CC[C@H](CN(C)C3CCN(Cc4cccc5c4n(C)c(=O)n5C4CCC(=O)NC4=O)CC3)CC2)cc1NC(=O)c1cnn2ccc(NCC3CC3)nc12. The number of likely N-dealkylation sites (tertiary alicyclic amines) is 1. The van der Waals surface area contributed by atoms with Gasteiger partial charge in [-0.3, -0.25) is 38.4 Å². The van der Waals surface area contributed by atoms with Crippen molar-refractivity contribution in [2.24, 2.45) is 18.9 Å². The van der Waals surface area contributed by atoms with Gasteiger partial charge in [0.2, 0.25) is 11.8 Å². The van der Waals surface area contributed by atoms with Gasteiger partial charge in [0, 0.05) is 51.5 Å². The van der Waals surface area contributed by atoms with Crippen LogP contribution >= 0.6 is 0 Å². The molecular weight excluding hydrogens is 761 g/mol. The van der Waals surface area contributed by atoms with Crippen molar-refractivity contribution in [3.8, 4) is 0 Å². The monoisotopic (exact) mass is 816 g/mol. The second-order valence-electron chi connectivity index (χ2n) is 17.7. The van der Waals surface area contributed by atoms with Gasteiger partial charge in [0.15, 0.2) is 5.65 Å². The maximum absolute atomic E-state index is 13.6. The lowest BCUT2D eigenvalue weighted by Gasteiger charge is -2.39. The van der Waals surface area contributed by atoms with E-state index in [-0.39, 0.29) is 30.0 Å². The number of imidazole rings is 1. The highest BCUT2D eigenvalue weighted by Crippen LogP contribution is 2.35. The average molecular weight is 817 g/mol. The molecule has 2 aliphatic heterocycles. The van der Waals surface area contributed by atoms with Crippen LogP contribution in [0.1, 0.15) is 105 Å². The zero-order valence-electron chi connectivity index (χ0n) is 34.9. The van der Waals surface area contributed by atoms with Crippen LogP contribution in [0.3, 0.4) is 0 Å². The zero-order valence-corrected chi connectivity index (χ0v) is 34.9. The second-order valence-corrected chi connectivity index (χ2v) is 17.7. The van der Waals surface area contributed by atoms with Gasteiger partial charge in [0.25, 0.3) is 5.91 Å². The third kappa shape index (κ3) is 8.01. The summed E-state index contributed by atoms with van der Waals surface area (Å²) in [5.41, 5.74) is 5.46. The number of carbonyl (C=O) groups is 3. The Labute approximate surface area is 349 Å². The Hall–Kier alpha value is -5.61. The van der Waals surface area contributed by atoms with Crippen molar-refractivity contribution < 1.29 is 14.4 Å². The number of nitrogens with zero attached hydrogens (tertiary/aromatic N) is 9. The van der Waals surface area contributed by atoms with E-state index >= 15 is 0 Å². The summed E-state index contributed by atoms with van der Waals surface area (Å²) in [7, 11) is 4.04. The Morgan fingerprint density at radius 1 is 1.00 bits per heavy atom.